The molecule has 3 rings (SSSR count). The van der Waals surface area contributed by atoms with Gasteiger partial charge in [0.2, 0.25) is 0 Å². The number of carboxylic acid groups (broad SMARTS) is 1. The van der Waals surface area contributed by atoms with E-state index in [1.165, 1.54) is 24.3 Å². The van der Waals surface area contributed by atoms with Crippen LogP contribution in [0.2, 0.25) is 0 Å². The largest absolute Gasteiger partial charge is 0.477 e. The summed E-state index contributed by atoms with van der Waals surface area (Å²) >= 11 is 0. The van der Waals surface area contributed by atoms with Crippen molar-refractivity contribution in [2.45, 2.75) is 25.4 Å². The van der Waals surface area contributed by atoms with Gasteiger partial charge in [0, 0.05) is 24.7 Å². The van der Waals surface area contributed by atoms with Gasteiger partial charge in [-0.25, -0.2) is 18.6 Å². The highest BCUT2D eigenvalue weighted by Gasteiger charge is 2.22. The predicted molar refractivity (Wildman–Crippen MR) is 89.5 cm³/mol. The van der Waals surface area contributed by atoms with Gasteiger partial charge in [-0.3, -0.25) is 4.90 Å². The standard InChI is InChI=1S/C18H19F2N3O2/c19-14-5-1-6-15(20)13(14)11-23-9-3-4-12(10-23)21-17-8-2-7-16(22-17)18(24)25/h1-2,5-8,12H,3-4,9-11H2,(H,21,22)(H,24,25). The third-order valence-electron chi connectivity index (χ3n) is 4.27. The predicted octanol–water partition coefficient (Wildman–Crippen LogP) is 3.13. The first-order valence-electron chi connectivity index (χ1n) is 8.15. The molecule has 1 aliphatic heterocycles. The maximum absolute atomic E-state index is 13.8. The summed E-state index contributed by atoms with van der Waals surface area (Å²) in [5.41, 5.74) is 0.0558. The molecular formula is C18H19F2N3O2. The van der Waals surface area contributed by atoms with E-state index < -0.39 is 17.6 Å². The van der Waals surface area contributed by atoms with Crippen LogP contribution in [-0.4, -0.2) is 40.1 Å². The van der Waals surface area contributed by atoms with Crippen molar-refractivity contribution < 1.29 is 18.7 Å². The number of carbonyl (C=O) groups is 1. The third-order valence-corrected chi connectivity index (χ3v) is 4.27. The summed E-state index contributed by atoms with van der Waals surface area (Å²) in [7, 11) is 0. The Balaban J connectivity index is 1.65. The number of nitrogens with zero attached hydrogens (tertiary/aromatic N) is 2. The number of anilines is 1. The number of halogens is 2. The van der Waals surface area contributed by atoms with E-state index in [-0.39, 0.29) is 23.8 Å². The van der Waals surface area contributed by atoms with Crippen molar-refractivity contribution >= 4 is 11.8 Å². The Bertz CT molecular complexity index is 749. The molecule has 0 amide bonds. The lowest BCUT2D eigenvalue weighted by Gasteiger charge is -2.33. The summed E-state index contributed by atoms with van der Waals surface area (Å²) in [6.45, 7) is 1.57. The molecular weight excluding hydrogens is 328 g/mol. The minimum Gasteiger partial charge on any atom is -0.477 e. The molecule has 2 aromatic rings. The van der Waals surface area contributed by atoms with Gasteiger partial charge in [0.25, 0.3) is 0 Å². The van der Waals surface area contributed by atoms with Gasteiger partial charge in [0.05, 0.1) is 0 Å². The number of aromatic nitrogens is 1. The van der Waals surface area contributed by atoms with Crippen LogP contribution < -0.4 is 5.32 Å². The Kier molecular flexibility index (Phi) is 5.23. The summed E-state index contributed by atoms with van der Waals surface area (Å²) in [4.78, 5) is 17.0. The molecule has 1 aliphatic rings. The molecule has 1 atom stereocenters. The highest BCUT2D eigenvalue weighted by Crippen LogP contribution is 2.20. The minimum atomic E-state index is -1.08. The summed E-state index contributed by atoms with van der Waals surface area (Å²) < 4.78 is 27.6. The van der Waals surface area contributed by atoms with E-state index in [4.69, 9.17) is 5.11 Å². The van der Waals surface area contributed by atoms with E-state index >= 15 is 0 Å². The molecule has 1 unspecified atom stereocenters. The van der Waals surface area contributed by atoms with E-state index in [1.54, 1.807) is 12.1 Å². The lowest BCUT2D eigenvalue weighted by molar-refractivity contribution is 0.0690. The molecule has 1 aromatic heterocycles. The molecule has 1 fully saturated rings. The number of carboxylic acids is 1. The monoisotopic (exact) mass is 347 g/mol. The van der Waals surface area contributed by atoms with Crippen LogP contribution in [-0.2, 0) is 6.54 Å². The van der Waals surface area contributed by atoms with Gasteiger partial charge in [0.15, 0.2) is 5.69 Å². The van der Waals surface area contributed by atoms with Crippen LogP contribution in [0.15, 0.2) is 36.4 Å². The normalized spacial score (nSPS) is 18.1. The quantitative estimate of drug-likeness (QED) is 0.870. The highest BCUT2D eigenvalue weighted by atomic mass is 19.1. The van der Waals surface area contributed by atoms with Crippen molar-refractivity contribution in [3.8, 4) is 0 Å². The van der Waals surface area contributed by atoms with Crippen LogP contribution in [0.5, 0.6) is 0 Å². The molecule has 0 spiro atoms. The Morgan fingerprint density at radius 2 is 1.96 bits per heavy atom. The maximum Gasteiger partial charge on any atom is 0.354 e. The second-order valence-corrected chi connectivity index (χ2v) is 6.13. The molecule has 132 valence electrons. The number of piperidine rings is 1. The molecule has 0 radical (unpaired) electrons. The first-order chi connectivity index (χ1) is 12.0. The molecule has 25 heavy (non-hydrogen) atoms. The molecule has 0 saturated carbocycles. The number of nitrogens with one attached hydrogen (secondary N) is 1. The van der Waals surface area contributed by atoms with Crippen LogP contribution >= 0.6 is 0 Å². The van der Waals surface area contributed by atoms with Gasteiger partial charge in [-0.15, -0.1) is 0 Å². The van der Waals surface area contributed by atoms with E-state index in [9.17, 15) is 13.6 Å². The number of benzene rings is 1. The second kappa shape index (κ2) is 7.57. The number of likely N-dealkylation sites (tertiary alicyclic amines) is 1. The van der Waals surface area contributed by atoms with E-state index in [0.29, 0.717) is 12.4 Å². The average Bonchev–Trinajstić information content (AvgIpc) is 2.59. The summed E-state index contributed by atoms with van der Waals surface area (Å²) in [5, 5.41) is 12.2. The Morgan fingerprint density at radius 1 is 1.24 bits per heavy atom. The van der Waals surface area contributed by atoms with E-state index in [1.807, 2.05) is 4.90 Å². The molecule has 1 aromatic carbocycles. The lowest BCUT2D eigenvalue weighted by Crippen LogP contribution is -2.42. The Labute approximate surface area is 144 Å². The van der Waals surface area contributed by atoms with Gasteiger partial charge in [-0.1, -0.05) is 12.1 Å². The third kappa shape index (κ3) is 4.30. The molecule has 1 saturated heterocycles. The highest BCUT2D eigenvalue weighted by molar-refractivity contribution is 5.85. The van der Waals surface area contributed by atoms with Crippen molar-refractivity contribution in [2.24, 2.45) is 0 Å². The lowest BCUT2D eigenvalue weighted by atomic mass is 10.0. The van der Waals surface area contributed by atoms with Crippen molar-refractivity contribution in [1.82, 2.24) is 9.88 Å². The van der Waals surface area contributed by atoms with Crippen LogP contribution in [0.25, 0.3) is 0 Å². The zero-order valence-electron chi connectivity index (χ0n) is 13.6. The van der Waals surface area contributed by atoms with Crippen LogP contribution in [0, 0.1) is 11.6 Å². The zero-order valence-corrected chi connectivity index (χ0v) is 13.6. The fraction of sp³-hybridized carbons (Fsp3) is 0.333. The SMILES string of the molecule is O=C(O)c1cccc(NC2CCCN(Cc3c(F)cccc3F)C2)n1. The fourth-order valence-electron chi connectivity index (χ4n) is 3.07. The molecule has 2 heterocycles. The number of hydrogen-bond donors (Lipinski definition) is 2. The number of rotatable bonds is 5. The number of aromatic carboxylic acids is 1. The molecule has 2 N–H and O–H groups in total. The molecule has 0 bridgehead atoms. The molecule has 0 aliphatic carbocycles. The number of hydrogen-bond acceptors (Lipinski definition) is 4. The zero-order chi connectivity index (χ0) is 17.8. The van der Waals surface area contributed by atoms with Gasteiger partial charge < -0.3 is 10.4 Å². The minimum absolute atomic E-state index is 0.0221. The Morgan fingerprint density at radius 3 is 2.68 bits per heavy atom. The maximum atomic E-state index is 13.8. The van der Waals surface area contributed by atoms with Gasteiger partial charge in [0.1, 0.15) is 17.5 Å². The van der Waals surface area contributed by atoms with Crippen molar-refractivity contribution in [2.75, 3.05) is 18.4 Å². The molecule has 5 nitrogen and oxygen atoms in total. The van der Waals surface area contributed by atoms with Gasteiger partial charge in [-0.05, 0) is 43.7 Å². The van der Waals surface area contributed by atoms with Crippen LogP contribution in [0.4, 0.5) is 14.6 Å². The van der Waals surface area contributed by atoms with Crippen molar-refractivity contribution in [1.29, 1.82) is 0 Å². The first-order valence-corrected chi connectivity index (χ1v) is 8.15. The summed E-state index contributed by atoms with van der Waals surface area (Å²) in [5.74, 6) is -1.66. The Hall–Kier alpha value is -2.54. The smallest absolute Gasteiger partial charge is 0.354 e. The number of pyridine rings is 1. The topological polar surface area (TPSA) is 65.5 Å². The molecule has 7 heteroatoms. The fourth-order valence-corrected chi connectivity index (χ4v) is 3.07. The van der Waals surface area contributed by atoms with Crippen molar-refractivity contribution in [3.05, 3.63) is 59.3 Å². The van der Waals surface area contributed by atoms with Crippen LogP contribution in [0.3, 0.4) is 0 Å². The van der Waals surface area contributed by atoms with Gasteiger partial charge in [-0.2, -0.15) is 0 Å². The average molecular weight is 347 g/mol. The summed E-state index contributed by atoms with van der Waals surface area (Å²) in [6, 6.07) is 8.70. The van der Waals surface area contributed by atoms with E-state index in [2.05, 4.69) is 10.3 Å². The second-order valence-electron chi connectivity index (χ2n) is 6.13. The van der Waals surface area contributed by atoms with Gasteiger partial charge >= 0.3 is 5.97 Å². The van der Waals surface area contributed by atoms with Crippen molar-refractivity contribution in [3.63, 3.8) is 0 Å². The summed E-state index contributed by atoms with van der Waals surface area (Å²) in [6.07, 6.45) is 1.77. The van der Waals surface area contributed by atoms with E-state index in [0.717, 1.165) is 19.4 Å². The van der Waals surface area contributed by atoms with Crippen LogP contribution in [0.1, 0.15) is 28.9 Å². The first kappa shape index (κ1) is 17.3.